The monoisotopic (exact) mass is 498 g/mol. The van der Waals surface area contributed by atoms with Crippen molar-refractivity contribution in [1.82, 2.24) is 13.5 Å². The van der Waals surface area contributed by atoms with Gasteiger partial charge < -0.3 is 5.11 Å². The topological polar surface area (TPSA) is 101 Å². The van der Waals surface area contributed by atoms with Gasteiger partial charge in [-0.15, -0.1) is 0 Å². The number of hydrogen-bond donors (Lipinski definition) is 1. The quantitative estimate of drug-likeness (QED) is 0.379. The second-order valence-electron chi connectivity index (χ2n) is 9.53. The van der Waals surface area contributed by atoms with E-state index in [4.69, 9.17) is 0 Å². The van der Waals surface area contributed by atoms with E-state index in [0.717, 1.165) is 38.9 Å². The molecule has 1 N–H and O–H groups in total. The van der Waals surface area contributed by atoms with Gasteiger partial charge in [0.1, 0.15) is 0 Å². The SMILES string of the molecule is Cc1cc(C)c2c(Cn3c(=O)n([C@H](CC(=O)O)C4=CCC(C)C=C4)c4cc(C#N)ccc43)nsc2c1. The van der Waals surface area contributed by atoms with E-state index < -0.39 is 12.0 Å². The van der Waals surface area contributed by atoms with Gasteiger partial charge in [-0.3, -0.25) is 13.9 Å². The Morgan fingerprint density at radius 3 is 2.78 bits per heavy atom. The summed E-state index contributed by atoms with van der Waals surface area (Å²) in [6.45, 7) is 6.44. The summed E-state index contributed by atoms with van der Waals surface area (Å²) in [6, 6.07) is 10.8. The van der Waals surface area contributed by atoms with Gasteiger partial charge in [-0.05, 0) is 78.7 Å². The Morgan fingerprint density at radius 2 is 2.08 bits per heavy atom. The molecule has 2 heterocycles. The average Bonchev–Trinajstić information content (AvgIpc) is 3.36. The van der Waals surface area contributed by atoms with E-state index in [2.05, 4.69) is 36.4 Å². The molecule has 1 aliphatic carbocycles. The number of aromatic nitrogens is 3. The third-order valence-corrected chi connectivity index (χ3v) is 7.62. The maximum Gasteiger partial charge on any atom is 0.330 e. The minimum atomic E-state index is -0.992. The highest BCUT2D eigenvalue weighted by Crippen LogP contribution is 2.32. The first kappa shape index (κ1) is 23.8. The predicted molar refractivity (Wildman–Crippen MR) is 141 cm³/mol. The van der Waals surface area contributed by atoms with Crippen LogP contribution in [0.25, 0.3) is 21.1 Å². The lowest BCUT2D eigenvalue weighted by atomic mass is 9.92. The highest BCUT2D eigenvalue weighted by molar-refractivity contribution is 7.13. The number of aryl methyl sites for hydroxylation is 2. The first-order valence-corrected chi connectivity index (χ1v) is 12.6. The zero-order chi connectivity index (χ0) is 25.6. The molecule has 1 unspecified atom stereocenters. The molecular formula is C28H26N4O3S. The van der Waals surface area contributed by atoms with Gasteiger partial charge in [0, 0.05) is 5.39 Å². The second-order valence-corrected chi connectivity index (χ2v) is 10.3. The van der Waals surface area contributed by atoms with Crippen molar-refractivity contribution in [2.75, 3.05) is 0 Å². The van der Waals surface area contributed by atoms with Crippen LogP contribution in [0.4, 0.5) is 0 Å². The summed E-state index contributed by atoms with van der Waals surface area (Å²) >= 11 is 1.41. The number of hydrogen-bond acceptors (Lipinski definition) is 5. The van der Waals surface area contributed by atoms with Crippen molar-refractivity contribution in [2.45, 2.75) is 46.2 Å². The number of rotatable bonds is 6. The van der Waals surface area contributed by atoms with Crippen molar-refractivity contribution in [2.24, 2.45) is 5.92 Å². The lowest BCUT2D eigenvalue weighted by Crippen LogP contribution is -2.30. The minimum absolute atomic E-state index is 0.238. The largest absolute Gasteiger partial charge is 0.481 e. The summed E-state index contributed by atoms with van der Waals surface area (Å²) in [5.41, 5.74) is 5.16. The van der Waals surface area contributed by atoms with Crippen LogP contribution in [0.3, 0.4) is 0 Å². The van der Waals surface area contributed by atoms with Gasteiger partial charge in [0.05, 0.1) is 52.1 Å². The Morgan fingerprint density at radius 1 is 1.28 bits per heavy atom. The molecule has 0 aliphatic heterocycles. The van der Waals surface area contributed by atoms with Crippen molar-refractivity contribution in [3.63, 3.8) is 0 Å². The van der Waals surface area contributed by atoms with Crippen LogP contribution in [0.1, 0.15) is 48.2 Å². The van der Waals surface area contributed by atoms with Crippen LogP contribution in [0.15, 0.2) is 58.9 Å². The average molecular weight is 499 g/mol. The molecule has 1 aliphatic rings. The Bertz CT molecular complexity index is 1680. The third kappa shape index (κ3) is 4.16. The number of carboxylic acids is 1. The number of nitrogens with zero attached hydrogens (tertiary/aromatic N) is 4. The normalized spacial score (nSPS) is 16.3. The number of allylic oxidation sites excluding steroid dienone is 4. The summed E-state index contributed by atoms with van der Waals surface area (Å²) in [5.74, 6) is -0.638. The molecule has 2 aromatic carbocycles. The van der Waals surface area contributed by atoms with Gasteiger partial charge in [0.25, 0.3) is 0 Å². The molecule has 2 atom stereocenters. The van der Waals surface area contributed by atoms with Crippen LogP contribution in [0, 0.1) is 31.1 Å². The van der Waals surface area contributed by atoms with Crippen LogP contribution in [0.2, 0.25) is 0 Å². The molecule has 0 bridgehead atoms. The van der Waals surface area contributed by atoms with E-state index in [-0.39, 0.29) is 18.7 Å². The molecule has 182 valence electrons. The Kier molecular flexibility index (Phi) is 6.10. The predicted octanol–water partition coefficient (Wildman–Crippen LogP) is 5.49. The molecule has 0 radical (unpaired) electrons. The Balaban J connectivity index is 1.72. The van der Waals surface area contributed by atoms with Gasteiger partial charge in [-0.2, -0.15) is 9.64 Å². The standard InChI is InChI=1S/C28H26N4O3S/c1-16-4-7-20(8-5-16)23(13-26(33)34)32-24-12-19(14-29)6-9-22(24)31(28(32)35)15-21-27-18(3)10-17(2)11-25(27)36-30-21/h4,6-12,16,23H,5,13,15H2,1-3H3,(H,33,34)/t16?,23-/m1/s1. The van der Waals surface area contributed by atoms with Crippen molar-refractivity contribution in [3.05, 3.63) is 87.0 Å². The lowest BCUT2D eigenvalue weighted by molar-refractivity contribution is -0.137. The van der Waals surface area contributed by atoms with Gasteiger partial charge in [0.2, 0.25) is 0 Å². The fourth-order valence-corrected chi connectivity index (χ4v) is 6.06. The fraction of sp³-hybridized carbons (Fsp3) is 0.286. The zero-order valence-electron chi connectivity index (χ0n) is 20.4. The van der Waals surface area contributed by atoms with E-state index in [1.807, 2.05) is 25.2 Å². The summed E-state index contributed by atoms with van der Waals surface area (Å²) in [6.07, 6.45) is 6.52. The maximum absolute atomic E-state index is 14.0. The Hall–Kier alpha value is -3.96. The second kappa shape index (κ2) is 9.25. The summed E-state index contributed by atoms with van der Waals surface area (Å²) < 4.78 is 8.94. The van der Waals surface area contributed by atoms with Gasteiger partial charge in [0.15, 0.2) is 0 Å². The third-order valence-electron chi connectivity index (χ3n) is 6.79. The van der Waals surface area contributed by atoms with Gasteiger partial charge >= 0.3 is 11.7 Å². The summed E-state index contributed by atoms with van der Waals surface area (Å²) in [5, 5.41) is 20.3. The number of benzene rings is 2. The molecule has 0 amide bonds. The number of fused-ring (bicyclic) bond motifs is 2. The molecule has 4 aromatic rings. The number of imidazole rings is 1. The molecule has 0 spiro atoms. The Labute approximate surface area is 212 Å². The van der Waals surface area contributed by atoms with Crippen LogP contribution >= 0.6 is 11.5 Å². The highest BCUT2D eigenvalue weighted by Gasteiger charge is 2.27. The molecule has 8 heteroatoms. The van der Waals surface area contributed by atoms with Crippen LogP contribution in [0.5, 0.6) is 0 Å². The van der Waals surface area contributed by atoms with Crippen LogP contribution in [-0.2, 0) is 11.3 Å². The van der Waals surface area contributed by atoms with Gasteiger partial charge in [-0.1, -0.05) is 31.2 Å². The molecule has 7 nitrogen and oxygen atoms in total. The molecule has 0 saturated carbocycles. The molecule has 36 heavy (non-hydrogen) atoms. The van der Waals surface area contributed by atoms with E-state index in [0.29, 0.717) is 22.5 Å². The molecule has 2 aromatic heterocycles. The van der Waals surface area contributed by atoms with Crippen LogP contribution < -0.4 is 5.69 Å². The minimum Gasteiger partial charge on any atom is -0.481 e. The summed E-state index contributed by atoms with van der Waals surface area (Å²) in [7, 11) is 0. The maximum atomic E-state index is 14.0. The lowest BCUT2D eigenvalue weighted by Gasteiger charge is -2.22. The smallest absolute Gasteiger partial charge is 0.330 e. The van der Waals surface area contributed by atoms with Crippen LogP contribution in [-0.4, -0.2) is 24.6 Å². The number of carboxylic acid groups (broad SMARTS) is 1. The highest BCUT2D eigenvalue weighted by atomic mass is 32.1. The van der Waals surface area contributed by atoms with E-state index in [1.54, 1.807) is 27.3 Å². The first-order chi connectivity index (χ1) is 17.3. The first-order valence-electron chi connectivity index (χ1n) is 11.9. The fourth-order valence-electron chi connectivity index (χ4n) is 5.10. The molecule has 0 saturated heterocycles. The molecular weight excluding hydrogens is 472 g/mol. The van der Waals surface area contributed by atoms with Crippen molar-refractivity contribution < 1.29 is 9.90 Å². The van der Waals surface area contributed by atoms with Crippen molar-refractivity contribution >= 4 is 38.6 Å². The van der Waals surface area contributed by atoms with Crippen molar-refractivity contribution in [3.8, 4) is 6.07 Å². The zero-order valence-corrected chi connectivity index (χ0v) is 21.2. The summed E-state index contributed by atoms with van der Waals surface area (Å²) in [4.78, 5) is 25.9. The van der Waals surface area contributed by atoms with E-state index >= 15 is 0 Å². The molecule has 5 rings (SSSR count). The van der Waals surface area contributed by atoms with E-state index in [1.165, 1.54) is 11.5 Å². The number of nitriles is 1. The van der Waals surface area contributed by atoms with Gasteiger partial charge in [-0.25, -0.2) is 4.79 Å². The number of carbonyl (C=O) groups is 1. The number of aliphatic carboxylic acids is 1. The van der Waals surface area contributed by atoms with E-state index in [9.17, 15) is 20.0 Å². The van der Waals surface area contributed by atoms with Crippen molar-refractivity contribution in [1.29, 1.82) is 5.26 Å². The molecule has 0 fully saturated rings.